The van der Waals surface area contributed by atoms with E-state index in [1.165, 1.54) is 38.2 Å². The standard InChI is InChI=1S/C29H36F2O2/c1-3-5-6-7-8-9-10-12-25-20-24-18-17-23(28(31)27(24)29(32)33-25)16-14-21-13-15-22(11-4-2)26(30)19-21/h13,15,17-20H,3-12,14,16H2,1-2H3. The van der Waals surface area contributed by atoms with Crippen LogP contribution in [0.15, 0.2) is 45.6 Å². The summed E-state index contributed by atoms with van der Waals surface area (Å²) >= 11 is 0. The molecular formula is C29H36F2O2. The molecule has 0 unspecified atom stereocenters. The summed E-state index contributed by atoms with van der Waals surface area (Å²) in [6.07, 6.45) is 11.5. The number of halogens is 2. The number of rotatable bonds is 13. The minimum atomic E-state index is -0.611. The van der Waals surface area contributed by atoms with Crippen LogP contribution in [0.1, 0.15) is 87.7 Å². The molecule has 0 spiro atoms. The minimum absolute atomic E-state index is 0.0142. The molecule has 0 radical (unpaired) electrons. The van der Waals surface area contributed by atoms with Crippen molar-refractivity contribution in [2.24, 2.45) is 0 Å². The summed E-state index contributed by atoms with van der Waals surface area (Å²) in [6, 6.07) is 10.6. The summed E-state index contributed by atoms with van der Waals surface area (Å²) < 4.78 is 34.8. The Hall–Kier alpha value is -2.49. The molecular weight excluding hydrogens is 418 g/mol. The van der Waals surface area contributed by atoms with Crippen LogP contribution in [0.25, 0.3) is 10.8 Å². The first kappa shape index (κ1) is 25.1. The molecule has 0 saturated carbocycles. The number of unbranched alkanes of at least 4 members (excludes halogenated alkanes) is 6. The molecule has 4 heteroatoms. The lowest BCUT2D eigenvalue weighted by atomic mass is 9.99. The third-order valence-electron chi connectivity index (χ3n) is 6.35. The monoisotopic (exact) mass is 454 g/mol. The van der Waals surface area contributed by atoms with Crippen molar-refractivity contribution >= 4 is 10.8 Å². The average Bonchev–Trinajstić information content (AvgIpc) is 2.79. The molecule has 2 aromatic carbocycles. The van der Waals surface area contributed by atoms with Crippen LogP contribution in [0.2, 0.25) is 0 Å². The van der Waals surface area contributed by atoms with Crippen molar-refractivity contribution < 1.29 is 13.2 Å². The molecule has 0 atom stereocenters. The van der Waals surface area contributed by atoms with Crippen LogP contribution in [-0.2, 0) is 25.7 Å². The Balaban J connectivity index is 1.64. The highest BCUT2D eigenvalue weighted by Gasteiger charge is 2.14. The molecule has 0 aliphatic carbocycles. The van der Waals surface area contributed by atoms with Gasteiger partial charge < -0.3 is 4.42 Å². The van der Waals surface area contributed by atoms with E-state index in [4.69, 9.17) is 4.42 Å². The molecule has 0 aliphatic rings. The second kappa shape index (κ2) is 12.7. The second-order valence-corrected chi connectivity index (χ2v) is 9.05. The Kier molecular flexibility index (Phi) is 9.65. The van der Waals surface area contributed by atoms with Gasteiger partial charge in [-0.3, -0.25) is 0 Å². The molecule has 2 nitrogen and oxygen atoms in total. The van der Waals surface area contributed by atoms with Gasteiger partial charge in [0, 0.05) is 6.42 Å². The Labute approximate surface area is 196 Å². The van der Waals surface area contributed by atoms with E-state index in [1.54, 1.807) is 18.2 Å². The van der Waals surface area contributed by atoms with Gasteiger partial charge in [0.25, 0.3) is 0 Å². The fourth-order valence-electron chi connectivity index (χ4n) is 4.40. The predicted octanol–water partition coefficient (Wildman–Crippen LogP) is 8.10. The maximum absolute atomic E-state index is 15.1. The third-order valence-corrected chi connectivity index (χ3v) is 6.35. The first-order chi connectivity index (χ1) is 16.0. The van der Waals surface area contributed by atoms with Gasteiger partial charge in [-0.1, -0.05) is 83.1 Å². The lowest BCUT2D eigenvalue weighted by Gasteiger charge is -2.09. The molecule has 1 aromatic heterocycles. The van der Waals surface area contributed by atoms with E-state index < -0.39 is 11.4 Å². The van der Waals surface area contributed by atoms with Crippen molar-refractivity contribution in [3.8, 4) is 0 Å². The highest BCUT2D eigenvalue weighted by atomic mass is 19.1. The fraction of sp³-hybridized carbons (Fsp3) is 0.483. The van der Waals surface area contributed by atoms with Gasteiger partial charge in [0.2, 0.25) is 0 Å². The molecule has 0 fully saturated rings. The predicted molar refractivity (Wildman–Crippen MR) is 132 cm³/mol. The maximum atomic E-state index is 15.1. The number of benzene rings is 2. The van der Waals surface area contributed by atoms with E-state index in [9.17, 15) is 9.18 Å². The average molecular weight is 455 g/mol. The van der Waals surface area contributed by atoms with Gasteiger partial charge >= 0.3 is 5.63 Å². The van der Waals surface area contributed by atoms with Crippen LogP contribution in [0, 0.1) is 11.6 Å². The number of hydrogen-bond donors (Lipinski definition) is 0. The lowest BCUT2D eigenvalue weighted by Crippen LogP contribution is -2.07. The van der Waals surface area contributed by atoms with Gasteiger partial charge in [0.05, 0.1) is 0 Å². The Morgan fingerprint density at radius 1 is 0.727 bits per heavy atom. The van der Waals surface area contributed by atoms with Crippen molar-refractivity contribution in [1.29, 1.82) is 0 Å². The summed E-state index contributed by atoms with van der Waals surface area (Å²) in [5.74, 6) is -0.106. The zero-order chi connectivity index (χ0) is 23.6. The molecule has 0 N–H and O–H groups in total. The van der Waals surface area contributed by atoms with E-state index in [-0.39, 0.29) is 11.2 Å². The van der Waals surface area contributed by atoms with E-state index in [0.717, 1.165) is 24.8 Å². The summed E-state index contributed by atoms with van der Waals surface area (Å²) in [5, 5.41) is 0.598. The van der Waals surface area contributed by atoms with Crippen molar-refractivity contribution in [1.82, 2.24) is 0 Å². The van der Waals surface area contributed by atoms with Crippen LogP contribution in [0.3, 0.4) is 0 Å². The van der Waals surface area contributed by atoms with E-state index in [0.29, 0.717) is 48.0 Å². The summed E-state index contributed by atoms with van der Waals surface area (Å²) in [4.78, 5) is 12.5. The molecule has 3 aromatic rings. The van der Waals surface area contributed by atoms with E-state index >= 15 is 4.39 Å². The van der Waals surface area contributed by atoms with Gasteiger partial charge in [0.15, 0.2) is 0 Å². The zero-order valence-electron chi connectivity index (χ0n) is 20.0. The SMILES string of the molecule is CCCCCCCCCc1cc2ccc(CCc3ccc(CCC)c(F)c3)c(F)c2c(=O)o1. The molecule has 1 heterocycles. The van der Waals surface area contributed by atoms with Gasteiger partial charge in [0.1, 0.15) is 22.8 Å². The summed E-state index contributed by atoms with van der Waals surface area (Å²) in [6.45, 7) is 4.23. The Morgan fingerprint density at radius 2 is 1.45 bits per heavy atom. The van der Waals surface area contributed by atoms with Gasteiger partial charge in [-0.15, -0.1) is 0 Å². The van der Waals surface area contributed by atoms with E-state index in [2.05, 4.69) is 6.92 Å². The smallest absolute Gasteiger partial charge is 0.346 e. The van der Waals surface area contributed by atoms with Crippen molar-refractivity contribution in [2.45, 2.75) is 90.9 Å². The normalized spacial score (nSPS) is 11.4. The van der Waals surface area contributed by atoms with Gasteiger partial charge in [-0.25, -0.2) is 13.6 Å². The van der Waals surface area contributed by atoms with Crippen LogP contribution in [0.4, 0.5) is 8.78 Å². The van der Waals surface area contributed by atoms with Gasteiger partial charge in [-0.2, -0.15) is 0 Å². The van der Waals surface area contributed by atoms with Crippen molar-refractivity contribution in [3.63, 3.8) is 0 Å². The van der Waals surface area contributed by atoms with Crippen molar-refractivity contribution in [3.05, 3.63) is 80.9 Å². The number of fused-ring (bicyclic) bond motifs is 1. The molecule has 0 bridgehead atoms. The molecule has 33 heavy (non-hydrogen) atoms. The first-order valence-electron chi connectivity index (χ1n) is 12.5. The lowest BCUT2D eigenvalue weighted by molar-refractivity contribution is 0.452. The summed E-state index contributed by atoms with van der Waals surface area (Å²) in [7, 11) is 0. The van der Waals surface area contributed by atoms with E-state index in [1.807, 2.05) is 19.1 Å². The highest BCUT2D eigenvalue weighted by Crippen LogP contribution is 2.22. The number of hydrogen-bond acceptors (Lipinski definition) is 2. The number of aryl methyl sites for hydroxylation is 4. The molecule has 178 valence electrons. The van der Waals surface area contributed by atoms with Crippen LogP contribution in [-0.4, -0.2) is 0 Å². The largest absolute Gasteiger partial charge is 0.427 e. The Bertz CT molecular complexity index is 1100. The van der Waals surface area contributed by atoms with Crippen LogP contribution < -0.4 is 5.63 Å². The summed E-state index contributed by atoms with van der Waals surface area (Å²) in [5.41, 5.74) is 1.37. The fourth-order valence-corrected chi connectivity index (χ4v) is 4.40. The third kappa shape index (κ3) is 6.99. The quantitative estimate of drug-likeness (QED) is 0.244. The first-order valence-corrected chi connectivity index (χ1v) is 12.5. The van der Waals surface area contributed by atoms with Gasteiger partial charge in [-0.05, 0) is 59.9 Å². The minimum Gasteiger partial charge on any atom is -0.427 e. The molecule has 0 amide bonds. The maximum Gasteiger partial charge on any atom is 0.346 e. The highest BCUT2D eigenvalue weighted by molar-refractivity contribution is 5.82. The van der Waals surface area contributed by atoms with Crippen molar-refractivity contribution in [2.75, 3.05) is 0 Å². The topological polar surface area (TPSA) is 30.2 Å². The molecule has 0 aliphatic heterocycles. The molecule has 3 rings (SSSR count). The zero-order valence-corrected chi connectivity index (χ0v) is 20.0. The molecule has 0 saturated heterocycles. The van der Waals surface area contributed by atoms with Crippen LogP contribution >= 0.6 is 0 Å². The Morgan fingerprint density at radius 3 is 2.18 bits per heavy atom. The van der Waals surface area contributed by atoms with Crippen LogP contribution in [0.5, 0.6) is 0 Å². The second-order valence-electron chi connectivity index (χ2n) is 9.05.